The molecule has 1 aliphatic rings. The molecule has 2 heterocycles. The standard InChI is InChI=1S/C88H116N19O19PS/c1-9-10-32-67-85(124)104(5)48-72(111)96-64(44-75(115)127)81(120)102-76(51(2)3)87(126)106(7)68(40-53-25-16-12-17-26-53)82(121)98-60(31-22-37-92-88(90)91)83(122)103(4)47-71(110)95-62(42-56-45-93-59-30-21-20-29-58(56)59)79(118)99-61(38-55-33-35-57(108)36-34-55)78(117)100-63(43-74(113)114)80(119)101-66(77(116)94-46-70(89)109)49-128-50-73(112)97-65(39-52-23-14-11-15-24-52)84(123)107(8)69(86(125)105(67)6)41-54-27-18-13-19-28-54/h11-21,23-30,33-36,45,51,60-69,76,93,108,115,127H,9-10,22,31-32,37-44,46-50H2,1-8H3,(H2,89,109)(H,94,116)(H,95,110)(H,96,111)(H,97,112)(H,98,121)(H,99,118)(H,100,117)(H,101,119)(H,102,120)(H,113,114)(H4,90,91,92)/t60-,61-,62-,63-,64-,65-,66-,67-,68-,69-,76-/m0/s1. The molecule has 38 nitrogen and oxygen atoms in total. The molecule has 0 saturated carbocycles. The van der Waals surface area contributed by atoms with Gasteiger partial charge in [0.15, 0.2) is 5.96 Å². The van der Waals surface area contributed by atoms with Gasteiger partial charge in [0.1, 0.15) is 72.2 Å². The van der Waals surface area contributed by atoms with Crippen LogP contribution in [-0.2, 0) is 109 Å². The van der Waals surface area contributed by atoms with Gasteiger partial charge in [0.05, 0.1) is 37.3 Å². The van der Waals surface area contributed by atoms with Crippen molar-refractivity contribution in [1.82, 2.24) is 82.7 Å². The minimum absolute atomic E-state index is 0.00131. The van der Waals surface area contributed by atoms with Gasteiger partial charge in [-0.2, -0.15) is 0 Å². The molecule has 6 aromatic rings. The van der Waals surface area contributed by atoms with Gasteiger partial charge in [0.25, 0.3) is 0 Å². The third kappa shape index (κ3) is 31.7. The number of carbonyl (C=O) groups is 16. The van der Waals surface area contributed by atoms with E-state index in [2.05, 4.69) is 67.0 Å². The molecule has 128 heavy (non-hydrogen) atoms. The molecular formula is C88H116N19O19PS. The highest BCUT2D eigenvalue weighted by molar-refractivity contribution is 8.00. The zero-order valence-electron chi connectivity index (χ0n) is 72.7. The normalized spacial score (nSPS) is 21.9. The smallest absolute Gasteiger partial charge is 0.305 e. The molecule has 0 radical (unpaired) electrons. The Labute approximate surface area is 747 Å². The van der Waals surface area contributed by atoms with Gasteiger partial charge in [-0.1, -0.05) is 164 Å². The van der Waals surface area contributed by atoms with Crippen LogP contribution in [-0.4, -0.2) is 290 Å². The Kier molecular flexibility index (Phi) is 39.9. The molecule has 1 aromatic heterocycles. The number of aliphatic hydroxyl groups excluding tert-OH is 1. The highest BCUT2D eigenvalue weighted by Gasteiger charge is 2.42. The maximum absolute atomic E-state index is 15.5. The van der Waals surface area contributed by atoms with E-state index < -0.39 is 229 Å². The van der Waals surface area contributed by atoms with E-state index >= 15 is 38.4 Å². The zero-order chi connectivity index (χ0) is 94.0. The van der Waals surface area contributed by atoms with E-state index in [1.165, 1.54) is 64.4 Å². The van der Waals surface area contributed by atoms with Crippen molar-refractivity contribution >= 4 is 138 Å². The van der Waals surface area contributed by atoms with Crippen molar-refractivity contribution in [1.29, 1.82) is 5.41 Å². The van der Waals surface area contributed by atoms with Crippen molar-refractivity contribution in [3.05, 3.63) is 174 Å². The fourth-order valence-electron chi connectivity index (χ4n) is 14.4. The van der Waals surface area contributed by atoms with Crippen molar-refractivity contribution in [2.24, 2.45) is 17.4 Å². The maximum Gasteiger partial charge on any atom is 0.305 e. The number of amides is 15. The fraction of sp³-hybridized carbons (Fsp3) is 0.432. The van der Waals surface area contributed by atoms with Crippen LogP contribution in [0.2, 0.25) is 0 Å². The number of nitrogens with two attached hydrogens (primary N) is 2. The third-order valence-corrected chi connectivity index (χ3v) is 22.6. The lowest BCUT2D eigenvalue weighted by Gasteiger charge is -2.37. The maximum atomic E-state index is 15.5. The molecule has 15 amide bonds. The number of hydrogen-bond donors (Lipinski definition) is 17. The predicted octanol–water partition coefficient (Wildman–Crippen LogP) is -0.369. The molecule has 688 valence electrons. The van der Waals surface area contributed by atoms with Crippen LogP contribution < -0.4 is 64.6 Å². The quantitative estimate of drug-likeness (QED) is 0.0150. The molecule has 0 unspecified atom stereocenters. The SMILES string of the molecule is CCCC[C@H]1C(=O)N(C)CC(=O)N[C@@H](CC(O)=P)C(=O)N[C@@H](C(C)C)C(=O)N(C)[C@@H](Cc2ccccc2)C(=O)N[C@@H](CCCNC(=N)N)C(=O)N(C)CC(=O)N[C@@H](Cc2c[nH]c3ccccc23)C(=O)N[C@@H](Cc2ccc(O)cc2)C(=O)N[C@@H](CC(=O)O)C(=O)N[C@H](C(=O)NCC(N)=O)CSCC(=O)N[C@@H](Cc2ccccc2)C(=O)N(C)[C@@H](Cc2ccccc2)C(=O)N1C. The number of aliphatic hydroxyl groups is 1. The minimum atomic E-state index is -2.08. The predicted molar refractivity (Wildman–Crippen MR) is 480 cm³/mol. The molecule has 1 saturated heterocycles. The number of thioether (sulfide) groups is 1. The second-order valence-corrected chi connectivity index (χ2v) is 33.3. The number of guanidine groups is 1. The first-order chi connectivity index (χ1) is 60.8. The van der Waals surface area contributed by atoms with Gasteiger partial charge < -0.3 is 109 Å². The lowest BCUT2D eigenvalue weighted by atomic mass is 9.98. The number of para-hydroxylation sites is 1. The number of benzene rings is 5. The summed E-state index contributed by atoms with van der Waals surface area (Å²) in [7, 11) is 9.58. The van der Waals surface area contributed by atoms with Crippen LogP contribution in [0.15, 0.2) is 146 Å². The summed E-state index contributed by atoms with van der Waals surface area (Å²) in [5, 5.41) is 65.5. The molecule has 11 atom stereocenters. The summed E-state index contributed by atoms with van der Waals surface area (Å²) in [6.45, 7) is 2.70. The summed E-state index contributed by atoms with van der Waals surface area (Å²) < 4.78 is 0. The van der Waals surface area contributed by atoms with Crippen LogP contribution in [0.4, 0.5) is 0 Å². The average Bonchev–Trinajstić information content (AvgIpc) is 1.80. The van der Waals surface area contributed by atoms with E-state index in [0.29, 0.717) is 46.0 Å². The molecule has 40 heteroatoms. The number of primary amides is 1. The number of carboxylic acid groups (broad SMARTS) is 1. The van der Waals surface area contributed by atoms with Gasteiger partial charge >= 0.3 is 5.97 Å². The van der Waals surface area contributed by atoms with Gasteiger partial charge in [0.2, 0.25) is 88.6 Å². The van der Waals surface area contributed by atoms with E-state index in [1.54, 1.807) is 135 Å². The summed E-state index contributed by atoms with van der Waals surface area (Å²) in [6, 6.07) is 20.3. The lowest BCUT2D eigenvalue weighted by molar-refractivity contribution is -0.151. The Morgan fingerprint density at radius 1 is 0.500 bits per heavy atom. The topological polar surface area (TPSA) is 562 Å². The van der Waals surface area contributed by atoms with E-state index in [-0.39, 0.29) is 62.8 Å². The summed E-state index contributed by atoms with van der Waals surface area (Å²) in [6.07, 6.45) is -0.628. The molecular weight excluding hydrogens is 1690 g/mol. The van der Waals surface area contributed by atoms with E-state index in [9.17, 15) is 53.7 Å². The van der Waals surface area contributed by atoms with Gasteiger partial charge in [-0.3, -0.25) is 82.1 Å². The van der Waals surface area contributed by atoms with Crippen LogP contribution in [0.3, 0.4) is 0 Å². The summed E-state index contributed by atoms with van der Waals surface area (Å²) in [5.41, 5.74) is 13.5. The number of phenolic OH excluding ortho intramolecular Hbond substituents is 1. The van der Waals surface area contributed by atoms with Crippen molar-refractivity contribution < 1.29 is 92.0 Å². The van der Waals surface area contributed by atoms with Gasteiger partial charge in [-0.15, -0.1) is 11.8 Å². The Balaban J connectivity index is 1.33. The third-order valence-electron chi connectivity index (χ3n) is 21.4. The molecule has 7 rings (SSSR count). The van der Waals surface area contributed by atoms with E-state index in [1.807, 2.05) is 6.92 Å². The van der Waals surface area contributed by atoms with Gasteiger partial charge in [-0.25, -0.2) is 0 Å². The number of H-pyrrole nitrogens is 1. The number of unbranched alkanes of at least 4 members (excludes halogenated alkanes) is 1. The number of carboxylic acids is 1. The average molecular weight is 1810 g/mol. The summed E-state index contributed by atoms with van der Waals surface area (Å²) in [4.78, 5) is 242. The van der Waals surface area contributed by atoms with Crippen LogP contribution in [0.1, 0.15) is 93.5 Å². The number of nitrogens with one attached hydrogen (secondary N) is 12. The first-order valence-electron chi connectivity index (χ1n) is 41.7. The largest absolute Gasteiger partial charge is 0.508 e. The van der Waals surface area contributed by atoms with Crippen molar-refractivity contribution in [2.45, 2.75) is 164 Å². The lowest BCUT2D eigenvalue weighted by Crippen LogP contribution is -2.61. The molecule has 1 fully saturated rings. The Bertz CT molecular complexity index is 4920. The number of aromatic hydroxyl groups is 1. The Morgan fingerprint density at radius 2 is 0.984 bits per heavy atom. The Hall–Kier alpha value is -13.3. The summed E-state index contributed by atoms with van der Waals surface area (Å²) >= 11 is 0.722. The monoisotopic (exact) mass is 1810 g/mol. The van der Waals surface area contributed by atoms with Crippen LogP contribution in [0.25, 0.3) is 10.9 Å². The molecule has 1 aliphatic heterocycles. The number of aliphatic carboxylic acids is 1. The first kappa shape index (κ1) is 102. The first-order valence-corrected chi connectivity index (χ1v) is 43.3. The van der Waals surface area contributed by atoms with Crippen LogP contribution in [0, 0.1) is 11.3 Å². The molecule has 0 spiro atoms. The van der Waals surface area contributed by atoms with Gasteiger partial charge in [-0.05, 0) is 71.2 Å². The fourth-order valence-corrected chi connectivity index (χ4v) is 15.4. The summed E-state index contributed by atoms with van der Waals surface area (Å²) in [5.74, 6) is -18.4. The molecule has 0 aliphatic carbocycles. The minimum Gasteiger partial charge on any atom is -0.508 e. The van der Waals surface area contributed by atoms with Crippen LogP contribution >= 0.6 is 20.6 Å². The number of fused-ring (bicyclic) bond motifs is 1. The van der Waals surface area contributed by atoms with Crippen molar-refractivity contribution in [2.75, 3.05) is 72.9 Å². The molecule has 19 N–H and O–H groups in total. The molecule has 5 aromatic carbocycles. The highest BCUT2D eigenvalue weighted by Crippen LogP contribution is 2.24. The van der Waals surface area contributed by atoms with Gasteiger partial charge in [0, 0.05) is 103 Å². The number of phenols is 1. The number of nitrogens with zero attached hydrogens (tertiary/aromatic N) is 5. The Morgan fingerprint density at radius 3 is 1.55 bits per heavy atom. The number of rotatable bonds is 25. The van der Waals surface area contributed by atoms with Crippen molar-refractivity contribution in [3.8, 4) is 5.75 Å². The number of hydrogen-bond acceptors (Lipinski definition) is 19. The second kappa shape index (κ2) is 50.2. The van der Waals surface area contributed by atoms with E-state index in [0.717, 1.165) is 31.4 Å². The second-order valence-electron chi connectivity index (χ2n) is 31.7. The highest BCUT2D eigenvalue weighted by atomic mass is 32.2. The number of carbonyl (C=O) groups excluding carboxylic acids is 15. The van der Waals surface area contributed by atoms with E-state index in [4.69, 9.17) is 16.9 Å². The van der Waals surface area contributed by atoms with Crippen LogP contribution in [0.5, 0.6) is 5.75 Å². The zero-order valence-corrected chi connectivity index (χ0v) is 74.5. The number of aromatic amines is 1. The number of likely N-dealkylation sites (N-methyl/N-ethyl adjacent to an activating group) is 5. The molecule has 0 bridgehead atoms. The number of aromatic nitrogens is 1. The van der Waals surface area contributed by atoms with Crippen molar-refractivity contribution in [3.63, 3.8) is 0 Å².